The Morgan fingerprint density at radius 1 is 1.62 bits per heavy atom. The smallest absolute Gasteiger partial charge is 0.143 e. The standard InChI is InChI=1S/C11H15BrFNO2/c1-6-10(13)8(12)4-7(11(6)16-3)9(15)5-14-2/h4,9,14-15H,5H2,1-3H3. The fraction of sp³-hybridized carbons (Fsp3) is 0.455. The van der Waals surface area contributed by atoms with Crippen LogP contribution in [0, 0.1) is 12.7 Å². The summed E-state index contributed by atoms with van der Waals surface area (Å²) in [6.07, 6.45) is -0.726. The van der Waals surface area contributed by atoms with Crippen LogP contribution >= 0.6 is 15.9 Å². The minimum atomic E-state index is -0.726. The number of nitrogens with one attached hydrogen (secondary N) is 1. The minimum absolute atomic E-state index is 0.330. The Balaban J connectivity index is 3.27. The number of rotatable bonds is 4. The fourth-order valence-corrected chi connectivity index (χ4v) is 2.13. The summed E-state index contributed by atoms with van der Waals surface area (Å²) in [6.45, 7) is 2.00. The molecular formula is C11H15BrFNO2. The molecule has 0 fully saturated rings. The van der Waals surface area contributed by atoms with Gasteiger partial charge in [-0.25, -0.2) is 4.39 Å². The van der Waals surface area contributed by atoms with Gasteiger partial charge in [0, 0.05) is 17.7 Å². The van der Waals surface area contributed by atoms with Gasteiger partial charge in [0.15, 0.2) is 0 Å². The number of likely N-dealkylation sites (N-methyl/N-ethyl adjacent to an activating group) is 1. The average Bonchev–Trinajstić information content (AvgIpc) is 2.26. The number of hydrogen-bond acceptors (Lipinski definition) is 3. The van der Waals surface area contributed by atoms with E-state index in [9.17, 15) is 9.50 Å². The first-order chi connectivity index (χ1) is 7.52. The van der Waals surface area contributed by atoms with E-state index in [2.05, 4.69) is 21.2 Å². The summed E-state index contributed by atoms with van der Waals surface area (Å²) in [5.74, 6) is 0.0284. The third-order valence-corrected chi connectivity index (χ3v) is 2.96. The second kappa shape index (κ2) is 5.61. The molecule has 0 aliphatic carbocycles. The predicted molar refractivity (Wildman–Crippen MR) is 64.3 cm³/mol. The van der Waals surface area contributed by atoms with Gasteiger partial charge in [-0.3, -0.25) is 0 Å². The van der Waals surface area contributed by atoms with E-state index < -0.39 is 6.10 Å². The van der Waals surface area contributed by atoms with Crippen molar-refractivity contribution in [1.82, 2.24) is 5.32 Å². The lowest BCUT2D eigenvalue weighted by Crippen LogP contribution is -2.17. The average molecular weight is 292 g/mol. The molecule has 0 spiro atoms. The van der Waals surface area contributed by atoms with Crippen molar-refractivity contribution in [3.05, 3.63) is 27.5 Å². The molecule has 0 aromatic heterocycles. The normalized spacial score (nSPS) is 12.6. The lowest BCUT2D eigenvalue weighted by atomic mass is 10.0. The summed E-state index contributed by atoms with van der Waals surface area (Å²) < 4.78 is 19.0. The van der Waals surface area contributed by atoms with Crippen LogP contribution in [0.3, 0.4) is 0 Å². The summed E-state index contributed by atoms with van der Waals surface area (Å²) in [4.78, 5) is 0. The molecule has 1 aromatic rings. The molecule has 0 aliphatic rings. The molecule has 0 radical (unpaired) electrons. The number of halogens is 2. The Morgan fingerprint density at radius 3 is 2.75 bits per heavy atom. The van der Waals surface area contributed by atoms with Gasteiger partial charge in [0.2, 0.25) is 0 Å². The van der Waals surface area contributed by atoms with Crippen LogP contribution in [0.2, 0.25) is 0 Å². The van der Waals surface area contributed by atoms with Crippen molar-refractivity contribution < 1.29 is 14.2 Å². The van der Waals surface area contributed by atoms with Gasteiger partial charge < -0.3 is 15.2 Å². The molecule has 5 heteroatoms. The number of methoxy groups -OCH3 is 1. The molecular weight excluding hydrogens is 277 g/mol. The van der Waals surface area contributed by atoms with Gasteiger partial charge in [-0.15, -0.1) is 0 Å². The molecule has 0 saturated carbocycles. The van der Waals surface area contributed by atoms with Crippen LogP contribution in [0.5, 0.6) is 5.75 Å². The van der Waals surface area contributed by atoms with Crippen molar-refractivity contribution in [3.63, 3.8) is 0 Å². The molecule has 0 amide bonds. The maximum Gasteiger partial charge on any atom is 0.143 e. The van der Waals surface area contributed by atoms with Crippen molar-refractivity contribution >= 4 is 15.9 Å². The molecule has 16 heavy (non-hydrogen) atoms. The van der Waals surface area contributed by atoms with Crippen molar-refractivity contribution in [2.75, 3.05) is 20.7 Å². The molecule has 1 aromatic carbocycles. The molecule has 0 saturated heterocycles. The van der Waals surface area contributed by atoms with Crippen LogP contribution in [0.4, 0.5) is 4.39 Å². The number of aliphatic hydroxyl groups is 1. The predicted octanol–water partition coefficient (Wildman–Crippen LogP) is 2.16. The van der Waals surface area contributed by atoms with Crippen molar-refractivity contribution in [2.24, 2.45) is 0 Å². The van der Waals surface area contributed by atoms with Crippen LogP contribution in [0.25, 0.3) is 0 Å². The first-order valence-corrected chi connectivity index (χ1v) is 5.67. The summed E-state index contributed by atoms with van der Waals surface area (Å²) in [6, 6.07) is 1.54. The molecule has 0 bridgehead atoms. The summed E-state index contributed by atoms with van der Waals surface area (Å²) in [5, 5.41) is 12.7. The third kappa shape index (κ3) is 2.53. The van der Waals surface area contributed by atoms with Gasteiger partial charge in [0.25, 0.3) is 0 Å². The largest absolute Gasteiger partial charge is 0.496 e. The van der Waals surface area contributed by atoms with Crippen LogP contribution in [-0.4, -0.2) is 25.8 Å². The summed E-state index contributed by atoms with van der Waals surface area (Å²) in [7, 11) is 3.20. The number of hydrogen-bond donors (Lipinski definition) is 2. The molecule has 1 rings (SSSR count). The van der Waals surface area contributed by atoms with Gasteiger partial charge in [-0.1, -0.05) is 0 Å². The van der Waals surface area contributed by atoms with Gasteiger partial charge in [0.1, 0.15) is 11.6 Å². The molecule has 1 atom stereocenters. The Bertz CT molecular complexity index is 385. The van der Waals surface area contributed by atoms with Gasteiger partial charge in [-0.2, -0.15) is 0 Å². The number of ether oxygens (including phenoxy) is 1. The highest BCUT2D eigenvalue weighted by Gasteiger charge is 2.19. The SMILES string of the molecule is CNCC(O)c1cc(Br)c(F)c(C)c1OC. The second-order valence-corrected chi connectivity index (χ2v) is 4.35. The van der Waals surface area contributed by atoms with Crippen LogP contribution in [-0.2, 0) is 0 Å². The van der Waals surface area contributed by atoms with E-state index in [0.717, 1.165) is 0 Å². The minimum Gasteiger partial charge on any atom is -0.496 e. The van der Waals surface area contributed by atoms with Gasteiger partial charge in [-0.05, 0) is 36.0 Å². The van der Waals surface area contributed by atoms with E-state index in [1.54, 1.807) is 20.0 Å². The topological polar surface area (TPSA) is 41.5 Å². The van der Waals surface area contributed by atoms with E-state index >= 15 is 0 Å². The van der Waals surface area contributed by atoms with Gasteiger partial charge in [0.05, 0.1) is 17.7 Å². The van der Waals surface area contributed by atoms with E-state index in [0.29, 0.717) is 27.9 Å². The molecule has 90 valence electrons. The van der Waals surface area contributed by atoms with E-state index in [4.69, 9.17) is 4.74 Å². The van der Waals surface area contributed by atoms with Crippen LogP contribution < -0.4 is 10.1 Å². The molecule has 3 nitrogen and oxygen atoms in total. The van der Waals surface area contributed by atoms with E-state index in [1.165, 1.54) is 7.11 Å². The van der Waals surface area contributed by atoms with Crippen molar-refractivity contribution in [3.8, 4) is 5.75 Å². The Labute approximate surface area is 103 Å². The highest BCUT2D eigenvalue weighted by atomic mass is 79.9. The number of benzene rings is 1. The molecule has 0 heterocycles. The third-order valence-electron chi connectivity index (χ3n) is 2.38. The fourth-order valence-electron chi connectivity index (χ4n) is 1.58. The zero-order valence-electron chi connectivity index (χ0n) is 9.47. The monoisotopic (exact) mass is 291 g/mol. The Kier molecular flexibility index (Phi) is 4.70. The molecule has 1 unspecified atom stereocenters. The second-order valence-electron chi connectivity index (χ2n) is 3.49. The van der Waals surface area contributed by atoms with Gasteiger partial charge >= 0.3 is 0 Å². The first-order valence-electron chi connectivity index (χ1n) is 4.88. The maximum atomic E-state index is 13.6. The van der Waals surface area contributed by atoms with Crippen LogP contribution in [0.1, 0.15) is 17.2 Å². The molecule has 0 aliphatic heterocycles. The van der Waals surface area contributed by atoms with E-state index in [1.807, 2.05) is 0 Å². The summed E-state index contributed by atoms with van der Waals surface area (Å²) in [5.41, 5.74) is 0.963. The lowest BCUT2D eigenvalue weighted by molar-refractivity contribution is 0.173. The Morgan fingerprint density at radius 2 is 2.25 bits per heavy atom. The van der Waals surface area contributed by atoms with E-state index in [-0.39, 0.29) is 5.82 Å². The van der Waals surface area contributed by atoms with Crippen LogP contribution in [0.15, 0.2) is 10.5 Å². The Hall–Kier alpha value is -0.650. The van der Waals surface area contributed by atoms with Crippen molar-refractivity contribution in [2.45, 2.75) is 13.0 Å². The quantitative estimate of drug-likeness (QED) is 0.893. The zero-order chi connectivity index (χ0) is 12.3. The maximum absolute atomic E-state index is 13.6. The highest BCUT2D eigenvalue weighted by Crippen LogP contribution is 2.34. The highest BCUT2D eigenvalue weighted by molar-refractivity contribution is 9.10. The zero-order valence-corrected chi connectivity index (χ0v) is 11.1. The van der Waals surface area contributed by atoms with Crippen molar-refractivity contribution in [1.29, 1.82) is 0 Å². The first kappa shape index (κ1) is 13.4. The summed E-state index contributed by atoms with van der Waals surface area (Å²) >= 11 is 3.12. The number of aliphatic hydroxyl groups excluding tert-OH is 1. The molecule has 2 N–H and O–H groups in total. The lowest BCUT2D eigenvalue weighted by Gasteiger charge is -2.17.